The van der Waals surface area contributed by atoms with E-state index in [2.05, 4.69) is 92.7 Å². The summed E-state index contributed by atoms with van der Waals surface area (Å²) in [6.07, 6.45) is 3.99. The molecule has 0 amide bonds. The molecule has 0 saturated heterocycles. The van der Waals surface area contributed by atoms with Crippen molar-refractivity contribution in [1.82, 2.24) is 24.9 Å². The minimum atomic E-state index is -0.0765. The molecule has 30 heavy (non-hydrogen) atoms. The number of thiazole rings is 1. The Bertz CT molecular complexity index is 1160. The zero-order chi connectivity index (χ0) is 21.3. The molecule has 0 aliphatic carbocycles. The summed E-state index contributed by atoms with van der Waals surface area (Å²) < 4.78 is 3.21. The van der Waals surface area contributed by atoms with E-state index in [1.54, 1.807) is 11.3 Å². The van der Waals surface area contributed by atoms with E-state index in [-0.39, 0.29) is 6.04 Å². The summed E-state index contributed by atoms with van der Waals surface area (Å²) in [6, 6.07) is 13.1. The normalized spacial score (nSPS) is 12.7. The number of fused-ring (bicyclic) bond motifs is 1. The van der Waals surface area contributed by atoms with Crippen molar-refractivity contribution in [3.05, 3.63) is 75.6 Å². The molecule has 1 unspecified atom stereocenters. The minimum Gasteiger partial charge on any atom is -0.309 e. The van der Waals surface area contributed by atoms with Gasteiger partial charge in [-0.2, -0.15) is 0 Å². The Labute approximate surface area is 182 Å². The van der Waals surface area contributed by atoms with E-state index in [9.17, 15) is 0 Å². The van der Waals surface area contributed by atoms with Gasteiger partial charge in [0, 0.05) is 19.2 Å². The Kier molecular flexibility index (Phi) is 5.97. The van der Waals surface area contributed by atoms with Crippen LogP contribution in [0.15, 0.2) is 42.6 Å². The Morgan fingerprint density at radius 1 is 1.07 bits per heavy atom. The first-order valence-electron chi connectivity index (χ1n) is 10.5. The van der Waals surface area contributed by atoms with Gasteiger partial charge in [0.1, 0.15) is 11.0 Å². The van der Waals surface area contributed by atoms with Crippen LogP contribution in [0.4, 0.5) is 0 Å². The van der Waals surface area contributed by atoms with Crippen molar-refractivity contribution in [2.75, 3.05) is 20.6 Å². The lowest BCUT2D eigenvalue weighted by Gasteiger charge is -2.16. The second-order valence-electron chi connectivity index (χ2n) is 8.20. The summed E-state index contributed by atoms with van der Waals surface area (Å²) >= 11 is 1.75. The van der Waals surface area contributed by atoms with Crippen LogP contribution in [-0.2, 0) is 12.8 Å². The van der Waals surface area contributed by atoms with Gasteiger partial charge in [-0.15, -0.1) is 16.4 Å². The van der Waals surface area contributed by atoms with Crippen LogP contribution in [0.2, 0.25) is 0 Å². The molecule has 1 atom stereocenters. The number of aryl methyl sites for hydroxylation is 3. The lowest BCUT2D eigenvalue weighted by molar-refractivity contribution is 0.411. The SMILES string of the molecule is CCc1ccc2nc(C(c3ccc(C)c(C)c3)n3cc(CCN(C)C)nn3)sc2c1. The Morgan fingerprint density at radius 3 is 2.63 bits per heavy atom. The maximum absolute atomic E-state index is 5.00. The summed E-state index contributed by atoms with van der Waals surface area (Å²) in [4.78, 5) is 7.16. The van der Waals surface area contributed by atoms with Crippen LogP contribution < -0.4 is 0 Å². The first-order valence-corrected chi connectivity index (χ1v) is 11.3. The molecule has 0 saturated carbocycles. The number of nitrogens with zero attached hydrogens (tertiary/aromatic N) is 5. The fourth-order valence-electron chi connectivity index (χ4n) is 3.56. The second-order valence-corrected chi connectivity index (χ2v) is 9.26. The highest BCUT2D eigenvalue weighted by Gasteiger charge is 2.23. The van der Waals surface area contributed by atoms with Gasteiger partial charge in [-0.3, -0.25) is 0 Å². The third-order valence-electron chi connectivity index (χ3n) is 5.60. The molecule has 2 aromatic carbocycles. The molecule has 0 radical (unpaired) electrons. The van der Waals surface area contributed by atoms with Crippen LogP contribution in [-0.4, -0.2) is 45.5 Å². The number of aromatic nitrogens is 4. The monoisotopic (exact) mass is 419 g/mol. The third kappa shape index (κ3) is 4.30. The van der Waals surface area contributed by atoms with Crippen molar-refractivity contribution >= 4 is 21.6 Å². The molecule has 4 rings (SSSR count). The zero-order valence-electron chi connectivity index (χ0n) is 18.4. The molecule has 5 nitrogen and oxygen atoms in total. The molecule has 0 fully saturated rings. The quantitative estimate of drug-likeness (QED) is 0.431. The van der Waals surface area contributed by atoms with Crippen LogP contribution in [0.3, 0.4) is 0 Å². The third-order valence-corrected chi connectivity index (χ3v) is 6.67. The summed E-state index contributed by atoms with van der Waals surface area (Å²) in [5.74, 6) is 0. The van der Waals surface area contributed by atoms with Crippen molar-refractivity contribution in [3.63, 3.8) is 0 Å². The van der Waals surface area contributed by atoms with Gasteiger partial charge in [0.2, 0.25) is 0 Å². The lowest BCUT2D eigenvalue weighted by atomic mass is 10.0. The van der Waals surface area contributed by atoms with Crippen molar-refractivity contribution in [1.29, 1.82) is 0 Å². The molecule has 2 heterocycles. The van der Waals surface area contributed by atoms with E-state index in [4.69, 9.17) is 4.98 Å². The van der Waals surface area contributed by atoms with Gasteiger partial charge >= 0.3 is 0 Å². The first-order chi connectivity index (χ1) is 14.4. The molecule has 0 aliphatic rings. The Morgan fingerprint density at radius 2 is 1.90 bits per heavy atom. The van der Waals surface area contributed by atoms with E-state index >= 15 is 0 Å². The smallest absolute Gasteiger partial charge is 0.130 e. The van der Waals surface area contributed by atoms with Gasteiger partial charge in [-0.05, 0) is 68.8 Å². The van der Waals surface area contributed by atoms with E-state index in [0.717, 1.165) is 35.6 Å². The second kappa shape index (κ2) is 8.66. The number of benzene rings is 2. The van der Waals surface area contributed by atoms with Gasteiger partial charge in [0.25, 0.3) is 0 Å². The predicted molar refractivity (Wildman–Crippen MR) is 124 cm³/mol. The lowest BCUT2D eigenvalue weighted by Crippen LogP contribution is -2.15. The van der Waals surface area contributed by atoms with Crippen molar-refractivity contribution in [2.45, 2.75) is 39.7 Å². The molecular weight excluding hydrogens is 390 g/mol. The molecule has 156 valence electrons. The average molecular weight is 420 g/mol. The molecule has 2 aromatic heterocycles. The van der Waals surface area contributed by atoms with Gasteiger partial charge in [-0.1, -0.05) is 36.4 Å². The molecule has 0 aliphatic heterocycles. The van der Waals surface area contributed by atoms with Crippen molar-refractivity contribution in [2.24, 2.45) is 0 Å². The van der Waals surface area contributed by atoms with E-state index in [1.165, 1.54) is 27.0 Å². The van der Waals surface area contributed by atoms with Gasteiger partial charge in [0.05, 0.1) is 15.9 Å². The topological polar surface area (TPSA) is 46.8 Å². The minimum absolute atomic E-state index is 0.0765. The molecule has 4 aromatic rings. The highest BCUT2D eigenvalue weighted by molar-refractivity contribution is 7.18. The molecule has 6 heteroatoms. The Hall–Kier alpha value is -2.57. The summed E-state index contributed by atoms with van der Waals surface area (Å²) in [5.41, 5.74) is 7.16. The van der Waals surface area contributed by atoms with E-state index < -0.39 is 0 Å². The molecular formula is C24H29N5S. The standard InChI is InChI=1S/C24H29N5S/c1-6-18-8-10-21-22(14-18)30-24(25-21)23(19-9-7-16(2)17(3)13-19)29-15-20(26-27-29)11-12-28(4)5/h7-10,13-15,23H,6,11-12H2,1-5H3. The maximum Gasteiger partial charge on any atom is 0.130 e. The summed E-state index contributed by atoms with van der Waals surface area (Å²) in [5, 5.41) is 10.0. The van der Waals surface area contributed by atoms with Gasteiger partial charge in [-0.25, -0.2) is 9.67 Å². The van der Waals surface area contributed by atoms with E-state index in [0.29, 0.717) is 0 Å². The van der Waals surface area contributed by atoms with Crippen LogP contribution in [0.1, 0.15) is 45.9 Å². The zero-order valence-corrected chi connectivity index (χ0v) is 19.2. The molecule has 0 spiro atoms. The average Bonchev–Trinajstić information content (AvgIpc) is 3.35. The first kappa shape index (κ1) is 20.7. The fraction of sp³-hybridized carbons (Fsp3) is 0.375. The highest BCUT2D eigenvalue weighted by Crippen LogP contribution is 2.34. The van der Waals surface area contributed by atoms with E-state index in [1.807, 2.05) is 4.68 Å². The van der Waals surface area contributed by atoms with Crippen molar-refractivity contribution < 1.29 is 0 Å². The Balaban J connectivity index is 1.79. The van der Waals surface area contributed by atoms with Crippen LogP contribution in [0.5, 0.6) is 0 Å². The number of likely N-dealkylation sites (N-methyl/N-ethyl adjacent to an activating group) is 1. The fourth-order valence-corrected chi connectivity index (χ4v) is 4.71. The summed E-state index contributed by atoms with van der Waals surface area (Å²) in [6.45, 7) is 7.44. The van der Waals surface area contributed by atoms with Gasteiger partial charge < -0.3 is 4.90 Å². The highest BCUT2D eigenvalue weighted by atomic mass is 32.1. The number of rotatable bonds is 7. The summed E-state index contributed by atoms with van der Waals surface area (Å²) in [7, 11) is 4.15. The van der Waals surface area contributed by atoms with Gasteiger partial charge in [0.15, 0.2) is 0 Å². The predicted octanol–water partition coefficient (Wildman–Crippen LogP) is 4.81. The van der Waals surface area contributed by atoms with Crippen molar-refractivity contribution in [3.8, 4) is 0 Å². The molecule has 0 bridgehead atoms. The molecule has 0 N–H and O–H groups in total. The largest absolute Gasteiger partial charge is 0.309 e. The van der Waals surface area contributed by atoms with Crippen LogP contribution in [0, 0.1) is 13.8 Å². The van der Waals surface area contributed by atoms with Crippen LogP contribution >= 0.6 is 11.3 Å². The number of hydrogen-bond donors (Lipinski definition) is 0. The van der Waals surface area contributed by atoms with Crippen LogP contribution in [0.25, 0.3) is 10.2 Å². The maximum atomic E-state index is 5.00. The number of hydrogen-bond acceptors (Lipinski definition) is 5.